The minimum atomic E-state index is 0.548. The maximum atomic E-state index is 2.35. The van der Waals surface area contributed by atoms with Crippen LogP contribution in [0, 0.1) is 6.92 Å². The van der Waals surface area contributed by atoms with E-state index in [4.69, 9.17) is 0 Å². The Balaban J connectivity index is 2.12. The van der Waals surface area contributed by atoms with E-state index in [1.807, 2.05) is 0 Å². The first-order valence-electron chi connectivity index (χ1n) is 7.42. The molecule has 0 saturated carbocycles. The van der Waals surface area contributed by atoms with Crippen LogP contribution in [0.1, 0.15) is 36.0 Å². The van der Waals surface area contributed by atoms with E-state index < -0.39 is 0 Å². The third-order valence-electron chi connectivity index (χ3n) is 4.60. The quantitative estimate of drug-likeness (QED) is 0.527. The van der Waals surface area contributed by atoms with Gasteiger partial charge in [0.15, 0.2) is 0 Å². The second-order valence-corrected chi connectivity index (χ2v) is 5.80. The summed E-state index contributed by atoms with van der Waals surface area (Å²) in [5, 5.41) is 2.78. The average Bonchev–Trinajstić information content (AvgIpc) is 2.80. The predicted molar refractivity (Wildman–Crippen MR) is 86.3 cm³/mol. The van der Waals surface area contributed by atoms with E-state index in [0.717, 1.165) is 6.42 Å². The molecule has 1 atom stereocenters. The number of aryl methyl sites for hydroxylation is 1. The summed E-state index contributed by atoms with van der Waals surface area (Å²) in [5.74, 6) is 0.548. The molecular formula is C20H18. The first kappa shape index (κ1) is 11.7. The highest BCUT2D eigenvalue weighted by Crippen LogP contribution is 2.49. The van der Waals surface area contributed by atoms with Crippen LogP contribution in [0.3, 0.4) is 0 Å². The van der Waals surface area contributed by atoms with Crippen molar-refractivity contribution in [1.29, 1.82) is 0 Å². The molecule has 0 aliphatic heterocycles. The monoisotopic (exact) mass is 258 g/mol. The van der Waals surface area contributed by atoms with Crippen molar-refractivity contribution in [3.8, 4) is 11.1 Å². The van der Waals surface area contributed by atoms with E-state index in [9.17, 15) is 0 Å². The minimum Gasteiger partial charge on any atom is -0.0645 e. The van der Waals surface area contributed by atoms with Crippen LogP contribution in [0.15, 0.2) is 54.6 Å². The van der Waals surface area contributed by atoms with Crippen LogP contribution in [0.25, 0.3) is 21.9 Å². The van der Waals surface area contributed by atoms with Gasteiger partial charge in [-0.25, -0.2) is 0 Å². The van der Waals surface area contributed by atoms with Gasteiger partial charge in [0, 0.05) is 5.92 Å². The summed E-state index contributed by atoms with van der Waals surface area (Å²) in [6.07, 6.45) is 1.16. The second-order valence-electron chi connectivity index (χ2n) is 5.80. The number of fused-ring (bicyclic) bond motifs is 5. The van der Waals surface area contributed by atoms with Crippen LogP contribution in [0.2, 0.25) is 0 Å². The smallest absolute Gasteiger partial charge is 0.0105 e. The van der Waals surface area contributed by atoms with Crippen LogP contribution in [0.4, 0.5) is 0 Å². The molecule has 0 fully saturated rings. The molecule has 3 aromatic rings. The molecule has 98 valence electrons. The van der Waals surface area contributed by atoms with E-state index in [-0.39, 0.29) is 0 Å². The van der Waals surface area contributed by atoms with Crippen molar-refractivity contribution in [2.45, 2.75) is 26.2 Å². The molecule has 0 N–H and O–H groups in total. The van der Waals surface area contributed by atoms with E-state index >= 15 is 0 Å². The van der Waals surface area contributed by atoms with E-state index in [1.54, 1.807) is 0 Å². The van der Waals surface area contributed by atoms with Crippen molar-refractivity contribution < 1.29 is 0 Å². The van der Waals surface area contributed by atoms with Gasteiger partial charge in [-0.2, -0.15) is 0 Å². The molecule has 4 rings (SSSR count). The molecule has 20 heavy (non-hydrogen) atoms. The van der Waals surface area contributed by atoms with Gasteiger partial charge in [-0.1, -0.05) is 67.1 Å². The molecule has 0 radical (unpaired) electrons. The highest BCUT2D eigenvalue weighted by Gasteiger charge is 2.28. The van der Waals surface area contributed by atoms with Crippen molar-refractivity contribution in [2.24, 2.45) is 0 Å². The summed E-state index contributed by atoms with van der Waals surface area (Å²) in [4.78, 5) is 0. The van der Waals surface area contributed by atoms with Gasteiger partial charge in [0.25, 0.3) is 0 Å². The fourth-order valence-corrected chi connectivity index (χ4v) is 3.69. The summed E-state index contributed by atoms with van der Waals surface area (Å²) in [6, 6.07) is 20.3. The van der Waals surface area contributed by atoms with Gasteiger partial charge >= 0.3 is 0 Å². The standard InChI is InChI=1S/C20H18/c1-3-15-17-10-8-13(2)12-19(17)18-11-9-14-6-4-5-7-16(14)20(15)18/h4-12,15H,3H2,1-2H3. The maximum Gasteiger partial charge on any atom is 0.0105 e. The third-order valence-corrected chi connectivity index (χ3v) is 4.60. The van der Waals surface area contributed by atoms with Gasteiger partial charge in [-0.05, 0) is 46.4 Å². The third kappa shape index (κ3) is 1.48. The van der Waals surface area contributed by atoms with Gasteiger partial charge in [-0.3, -0.25) is 0 Å². The molecule has 1 aliphatic rings. The first-order valence-corrected chi connectivity index (χ1v) is 7.42. The van der Waals surface area contributed by atoms with E-state index in [2.05, 4.69) is 68.4 Å². The molecule has 0 nitrogen and oxygen atoms in total. The van der Waals surface area contributed by atoms with Crippen molar-refractivity contribution in [2.75, 3.05) is 0 Å². The minimum absolute atomic E-state index is 0.548. The topological polar surface area (TPSA) is 0 Å². The molecule has 3 aromatic carbocycles. The Morgan fingerprint density at radius 1 is 0.900 bits per heavy atom. The van der Waals surface area contributed by atoms with Crippen molar-refractivity contribution in [3.63, 3.8) is 0 Å². The van der Waals surface area contributed by atoms with Crippen LogP contribution in [-0.2, 0) is 0 Å². The van der Waals surface area contributed by atoms with Crippen molar-refractivity contribution in [3.05, 3.63) is 71.3 Å². The molecule has 0 saturated heterocycles. The Morgan fingerprint density at radius 2 is 1.75 bits per heavy atom. The van der Waals surface area contributed by atoms with E-state index in [0.29, 0.717) is 5.92 Å². The van der Waals surface area contributed by atoms with Crippen LogP contribution < -0.4 is 0 Å². The molecule has 1 aliphatic carbocycles. The Morgan fingerprint density at radius 3 is 2.60 bits per heavy atom. The summed E-state index contributed by atoms with van der Waals surface area (Å²) in [7, 11) is 0. The largest absolute Gasteiger partial charge is 0.0645 e. The summed E-state index contributed by atoms with van der Waals surface area (Å²) in [5.41, 5.74) is 7.27. The lowest BCUT2D eigenvalue weighted by molar-refractivity contribution is 0.803. The summed E-state index contributed by atoms with van der Waals surface area (Å²) >= 11 is 0. The van der Waals surface area contributed by atoms with Crippen molar-refractivity contribution >= 4 is 10.8 Å². The molecule has 0 heteroatoms. The normalized spacial score (nSPS) is 16.2. The second kappa shape index (κ2) is 4.21. The fraction of sp³-hybridized carbons (Fsp3) is 0.200. The van der Waals surface area contributed by atoms with Crippen LogP contribution in [0.5, 0.6) is 0 Å². The molecule has 0 bridgehead atoms. The van der Waals surface area contributed by atoms with Crippen LogP contribution in [-0.4, -0.2) is 0 Å². The first-order chi connectivity index (χ1) is 9.79. The zero-order valence-electron chi connectivity index (χ0n) is 12.0. The number of hydrogen-bond donors (Lipinski definition) is 0. The zero-order chi connectivity index (χ0) is 13.7. The SMILES string of the molecule is CCC1c2ccc(C)cc2-c2ccc3ccccc3c21. The highest BCUT2D eigenvalue weighted by molar-refractivity contribution is 5.96. The van der Waals surface area contributed by atoms with Crippen LogP contribution >= 0.6 is 0 Å². The maximum absolute atomic E-state index is 2.35. The Labute approximate surface area is 120 Å². The molecule has 0 aromatic heterocycles. The number of hydrogen-bond acceptors (Lipinski definition) is 0. The molecule has 0 amide bonds. The van der Waals surface area contributed by atoms with Gasteiger partial charge in [-0.15, -0.1) is 0 Å². The zero-order valence-corrected chi connectivity index (χ0v) is 12.0. The fourth-order valence-electron chi connectivity index (χ4n) is 3.69. The lowest BCUT2D eigenvalue weighted by Gasteiger charge is -2.13. The molecular weight excluding hydrogens is 240 g/mol. The van der Waals surface area contributed by atoms with Gasteiger partial charge in [0.05, 0.1) is 0 Å². The number of benzene rings is 3. The average molecular weight is 258 g/mol. The Kier molecular flexibility index (Phi) is 2.47. The van der Waals surface area contributed by atoms with E-state index in [1.165, 1.54) is 38.6 Å². The molecule has 0 spiro atoms. The van der Waals surface area contributed by atoms with Gasteiger partial charge in [0.2, 0.25) is 0 Å². The summed E-state index contributed by atoms with van der Waals surface area (Å²) in [6.45, 7) is 4.48. The summed E-state index contributed by atoms with van der Waals surface area (Å²) < 4.78 is 0. The highest BCUT2D eigenvalue weighted by atomic mass is 14.3. The van der Waals surface area contributed by atoms with Gasteiger partial charge in [0.1, 0.15) is 0 Å². The van der Waals surface area contributed by atoms with Crippen molar-refractivity contribution in [1.82, 2.24) is 0 Å². The molecule has 1 unspecified atom stereocenters. The number of rotatable bonds is 1. The lowest BCUT2D eigenvalue weighted by atomic mass is 9.90. The Bertz CT molecular complexity index is 811. The van der Waals surface area contributed by atoms with Gasteiger partial charge < -0.3 is 0 Å². The predicted octanol–water partition coefficient (Wildman–Crippen LogP) is 5.67. The molecule has 0 heterocycles. The lowest BCUT2D eigenvalue weighted by Crippen LogP contribution is -1.95. The Hall–Kier alpha value is -2.08.